The Balaban J connectivity index is 2.34. The lowest BCUT2D eigenvalue weighted by molar-refractivity contribution is 0.605. The summed E-state index contributed by atoms with van der Waals surface area (Å²) in [4.78, 5) is 27.9. The third-order valence-electron chi connectivity index (χ3n) is 4.01. The van der Waals surface area contributed by atoms with Gasteiger partial charge in [-0.25, -0.2) is 9.18 Å². The van der Waals surface area contributed by atoms with Crippen LogP contribution in [0.15, 0.2) is 27.8 Å². The third-order valence-corrected chi connectivity index (χ3v) is 4.39. The van der Waals surface area contributed by atoms with Gasteiger partial charge in [0.15, 0.2) is 5.11 Å². The van der Waals surface area contributed by atoms with Gasteiger partial charge in [0, 0.05) is 19.3 Å². The van der Waals surface area contributed by atoms with Gasteiger partial charge in [-0.15, -0.1) is 0 Å². The molecule has 0 bridgehead atoms. The molecule has 26 heavy (non-hydrogen) atoms. The number of nitrogens with zero attached hydrogens (tertiary/aromatic N) is 2. The minimum atomic E-state index is -0.637. The Labute approximate surface area is 155 Å². The van der Waals surface area contributed by atoms with Crippen LogP contribution in [0, 0.1) is 12.7 Å². The Kier molecular flexibility index (Phi) is 6.14. The van der Waals surface area contributed by atoms with Crippen LogP contribution < -0.4 is 27.2 Å². The second-order valence-electron chi connectivity index (χ2n) is 5.95. The van der Waals surface area contributed by atoms with Crippen LogP contribution in [0.1, 0.15) is 25.3 Å². The van der Waals surface area contributed by atoms with Gasteiger partial charge in [0.05, 0.1) is 0 Å². The Hall–Kier alpha value is -2.68. The van der Waals surface area contributed by atoms with Crippen molar-refractivity contribution >= 4 is 34.5 Å². The molecule has 1 aromatic carbocycles. The van der Waals surface area contributed by atoms with Crippen LogP contribution in [-0.2, 0) is 6.54 Å². The highest BCUT2D eigenvalue weighted by Gasteiger charge is 2.19. The minimum absolute atomic E-state index is 0.0361. The highest BCUT2D eigenvalue weighted by Crippen LogP contribution is 2.18. The van der Waals surface area contributed by atoms with Crippen LogP contribution in [0.2, 0.25) is 0 Å². The monoisotopic (exact) mass is 379 g/mol. The van der Waals surface area contributed by atoms with Gasteiger partial charge >= 0.3 is 5.69 Å². The molecule has 1 heterocycles. The zero-order valence-corrected chi connectivity index (χ0v) is 15.7. The number of nitrogens with one attached hydrogen (secondary N) is 2. The Bertz CT molecular complexity index is 938. The summed E-state index contributed by atoms with van der Waals surface area (Å²) in [6, 6.07) is 4.60. The lowest BCUT2D eigenvalue weighted by Gasteiger charge is -2.23. The SMILES string of the molecule is CCCCn1c(N)c(N(C)C(=S)Nc2ccc(C)c(F)c2)c(=O)[nH]c1=O. The maximum Gasteiger partial charge on any atom is 0.330 e. The van der Waals surface area contributed by atoms with E-state index in [4.69, 9.17) is 18.0 Å². The van der Waals surface area contributed by atoms with Crippen LogP contribution in [0.25, 0.3) is 0 Å². The average Bonchev–Trinajstić information content (AvgIpc) is 2.57. The smallest absolute Gasteiger partial charge is 0.330 e. The molecular formula is C17H22FN5O2S. The first kappa shape index (κ1) is 19.6. The topological polar surface area (TPSA) is 96.2 Å². The first-order chi connectivity index (χ1) is 12.3. The highest BCUT2D eigenvalue weighted by molar-refractivity contribution is 7.80. The average molecular weight is 379 g/mol. The van der Waals surface area contributed by atoms with E-state index in [2.05, 4.69) is 10.3 Å². The van der Waals surface area contributed by atoms with E-state index in [0.717, 1.165) is 12.8 Å². The summed E-state index contributed by atoms with van der Waals surface area (Å²) in [6.45, 7) is 4.03. The van der Waals surface area contributed by atoms with Crippen LogP contribution in [0.3, 0.4) is 0 Å². The molecular weight excluding hydrogens is 357 g/mol. The molecule has 1 aromatic heterocycles. The highest BCUT2D eigenvalue weighted by atomic mass is 32.1. The van der Waals surface area contributed by atoms with Gasteiger partial charge in [-0.1, -0.05) is 19.4 Å². The summed E-state index contributed by atoms with van der Waals surface area (Å²) in [5, 5.41) is 3.01. The van der Waals surface area contributed by atoms with Crippen molar-refractivity contribution in [3.8, 4) is 0 Å². The zero-order valence-electron chi connectivity index (χ0n) is 14.9. The summed E-state index contributed by atoms with van der Waals surface area (Å²) in [5.74, 6) is -0.333. The number of rotatable bonds is 5. The maximum absolute atomic E-state index is 13.7. The third kappa shape index (κ3) is 4.10. The van der Waals surface area contributed by atoms with Gasteiger partial charge in [0.2, 0.25) is 0 Å². The van der Waals surface area contributed by atoms with Crippen LogP contribution >= 0.6 is 12.2 Å². The van der Waals surface area contributed by atoms with Crippen molar-refractivity contribution in [1.29, 1.82) is 0 Å². The molecule has 2 aromatic rings. The summed E-state index contributed by atoms with van der Waals surface area (Å²) in [7, 11) is 1.55. The number of aromatic nitrogens is 2. The van der Waals surface area contributed by atoms with Gasteiger partial charge in [0.1, 0.15) is 17.3 Å². The molecule has 140 valence electrons. The van der Waals surface area contributed by atoms with Gasteiger partial charge in [0.25, 0.3) is 5.56 Å². The molecule has 0 radical (unpaired) electrons. The summed E-state index contributed by atoms with van der Waals surface area (Å²) < 4.78 is 15.0. The Morgan fingerprint density at radius 2 is 2.12 bits per heavy atom. The first-order valence-corrected chi connectivity index (χ1v) is 8.60. The van der Waals surface area contributed by atoms with Crippen molar-refractivity contribution in [2.75, 3.05) is 23.0 Å². The van der Waals surface area contributed by atoms with Gasteiger partial charge in [-0.3, -0.25) is 14.3 Å². The van der Waals surface area contributed by atoms with Crippen molar-refractivity contribution in [2.24, 2.45) is 0 Å². The van der Waals surface area contributed by atoms with Crippen molar-refractivity contribution in [2.45, 2.75) is 33.2 Å². The number of nitrogens with two attached hydrogens (primary N) is 1. The van der Waals surface area contributed by atoms with E-state index in [1.807, 2.05) is 6.92 Å². The second kappa shape index (κ2) is 8.13. The van der Waals surface area contributed by atoms with Gasteiger partial charge < -0.3 is 16.0 Å². The zero-order chi connectivity index (χ0) is 19.4. The molecule has 0 unspecified atom stereocenters. The van der Waals surface area contributed by atoms with E-state index in [9.17, 15) is 14.0 Å². The fourth-order valence-electron chi connectivity index (χ4n) is 2.42. The normalized spacial score (nSPS) is 10.6. The fourth-order valence-corrected chi connectivity index (χ4v) is 2.63. The Morgan fingerprint density at radius 3 is 2.73 bits per heavy atom. The van der Waals surface area contributed by atoms with E-state index in [-0.39, 0.29) is 22.4 Å². The lowest BCUT2D eigenvalue weighted by atomic mass is 10.2. The molecule has 7 nitrogen and oxygen atoms in total. The lowest BCUT2D eigenvalue weighted by Crippen LogP contribution is -2.40. The first-order valence-electron chi connectivity index (χ1n) is 8.19. The summed E-state index contributed by atoms with van der Waals surface area (Å²) in [6.07, 6.45) is 1.61. The van der Waals surface area contributed by atoms with Crippen molar-refractivity contribution in [1.82, 2.24) is 9.55 Å². The molecule has 0 spiro atoms. The van der Waals surface area contributed by atoms with Crippen molar-refractivity contribution < 1.29 is 4.39 Å². The fraction of sp³-hybridized carbons (Fsp3) is 0.353. The second-order valence-corrected chi connectivity index (χ2v) is 6.34. The molecule has 2 rings (SSSR count). The number of benzene rings is 1. The van der Waals surface area contributed by atoms with E-state index in [1.165, 1.54) is 15.5 Å². The van der Waals surface area contributed by atoms with Crippen molar-refractivity contribution in [3.63, 3.8) is 0 Å². The minimum Gasteiger partial charge on any atom is -0.383 e. The molecule has 0 saturated heterocycles. The number of H-pyrrole nitrogens is 1. The number of aryl methyl sites for hydroxylation is 1. The standard InChI is InChI=1S/C17H22FN5O2S/c1-4-5-8-23-14(19)13(15(24)21-16(23)25)22(3)17(26)20-11-7-6-10(2)12(18)9-11/h6-7,9H,4-5,8,19H2,1-3H3,(H,20,26)(H,21,24,25). The molecule has 0 saturated carbocycles. The predicted molar refractivity (Wildman–Crippen MR) is 106 cm³/mol. The van der Waals surface area contributed by atoms with E-state index < -0.39 is 11.2 Å². The number of halogens is 1. The van der Waals surface area contributed by atoms with E-state index >= 15 is 0 Å². The van der Waals surface area contributed by atoms with Crippen LogP contribution in [-0.4, -0.2) is 21.7 Å². The molecule has 9 heteroatoms. The maximum atomic E-state index is 13.7. The number of hydrogen-bond donors (Lipinski definition) is 3. The number of anilines is 3. The van der Waals surface area contributed by atoms with Crippen LogP contribution in [0.5, 0.6) is 0 Å². The number of thiocarbonyl (C=S) groups is 1. The Morgan fingerprint density at radius 1 is 1.42 bits per heavy atom. The van der Waals surface area contributed by atoms with Gasteiger partial charge in [-0.05, 0) is 43.3 Å². The molecule has 4 N–H and O–H groups in total. The number of aromatic amines is 1. The van der Waals surface area contributed by atoms with E-state index in [1.54, 1.807) is 26.1 Å². The number of unbranched alkanes of at least 4 members (excludes halogenated alkanes) is 1. The van der Waals surface area contributed by atoms with E-state index in [0.29, 0.717) is 17.8 Å². The number of nitrogen functional groups attached to an aromatic ring is 1. The molecule has 0 atom stereocenters. The predicted octanol–water partition coefficient (Wildman–Crippen LogP) is 2.20. The molecule has 0 aliphatic carbocycles. The summed E-state index contributed by atoms with van der Waals surface area (Å²) >= 11 is 5.30. The molecule has 0 aliphatic heterocycles. The molecule has 0 fully saturated rings. The number of hydrogen-bond acceptors (Lipinski definition) is 4. The van der Waals surface area contributed by atoms with Crippen molar-refractivity contribution in [3.05, 3.63) is 50.4 Å². The van der Waals surface area contributed by atoms with Gasteiger partial charge in [-0.2, -0.15) is 0 Å². The summed E-state index contributed by atoms with van der Waals surface area (Å²) in [5.41, 5.74) is 5.88. The van der Waals surface area contributed by atoms with Crippen LogP contribution in [0.4, 0.5) is 21.6 Å². The molecule has 0 aliphatic rings. The largest absolute Gasteiger partial charge is 0.383 e. The molecule has 0 amide bonds. The quantitative estimate of drug-likeness (QED) is 0.689.